The van der Waals surface area contributed by atoms with Gasteiger partial charge in [-0.05, 0) is 48.7 Å². The first kappa shape index (κ1) is 23.6. The molecule has 0 bridgehead atoms. The normalized spacial score (nSPS) is 11.3. The fraction of sp³-hybridized carbons (Fsp3) is 0.227. The van der Waals surface area contributed by atoms with Gasteiger partial charge in [0.2, 0.25) is 15.9 Å². The van der Waals surface area contributed by atoms with Crippen molar-refractivity contribution in [2.45, 2.75) is 30.7 Å². The highest BCUT2D eigenvalue weighted by Gasteiger charge is 2.08. The Balaban J connectivity index is 1.46. The Bertz CT molecular complexity index is 1240. The third-order valence-electron chi connectivity index (χ3n) is 4.77. The number of nitrogens with one attached hydrogen (secondary N) is 1. The minimum Gasteiger partial charge on any atom is -0.356 e. The zero-order chi connectivity index (χ0) is 23.1. The largest absolute Gasteiger partial charge is 0.356 e. The molecule has 0 aliphatic heterocycles. The van der Waals surface area contributed by atoms with Crippen LogP contribution in [0, 0.1) is 0 Å². The van der Waals surface area contributed by atoms with E-state index in [0.29, 0.717) is 36.6 Å². The van der Waals surface area contributed by atoms with Gasteiger partial charge >= 0.3 is 0 Å². The summed E-state index contributed by atoms with van der Waals surface area (Å²) in [5.41, 5.74) is 2.15. The van der Waals surface area contributed by atoms with E-state index in [4.69, 9.17) is 16.7 Å². The standard InChI is InChI=1S/C22H23ClN4O4S/c23-18-7-5-17(6-8-18)20-11-12-22(29)27(26-20)15-1-2-21(28)25-14-13-16-3-9-19(10-4-16)32(24,30)31/h3-12H,1-2,13-15H2,(H,25,28)(H2,24,30,31). The van der Waals surface area contributed by atoms with Crippen molar-refractivity contribution in [3.8, 4) is 11.3 Å². The Labute approximate surface area is 191 Å². The first-order chi connectivity index (χ1) is 15.2. The lowest BCUT2D eigenvalue weighted by molar-refractivity contribution is -0.121. The van der Waals surface area contributed by atoms with Crippen LogP contribution in [-0.2, 0) is 27.8 Å². The van der Waals surface area contributed by atoms with Gasteiger partial charge in [0.15, 0.2) is 0 Å². The summed E-state index contributed by atoms with van der Waals surface area (Å²) in [6.07, 6.45) is 1.27. The molecule has 0 atom stereocenters. The molecule has 0 unspecified atom stereocenters. The summed E-state index contributed by atoms with van der Waals surface area (Å²) in [5.74, 6) is -0.131. The van der Waals surface area contributed by atoms with Crippen molar-refractivity contribution in [3.63, 3.8) is 0 Å². The van der Waals surface area contributed by atoms with E-state index in [1.807, 2.05) is 12.1 Å². The molecule has 0 saturated carbocycles. The molecule has 2 aromatic carbocycles. The predicted octanol–water partition coefficient (Wildman–Crippen LogP) is 2.35. The number of nitrogens with two attached hydrogens (primary N) is 1. The van der Waals surface area contributed by atoms with Crippen LogP contribution >= 0.6 is 11.6 Å². The molecule has 3 aromatic rings. The lowest BCUT2D eigenvalue weighted by Gasteiger charge is -2.08. The molecule has 32 heavy (non-hydrogen) atoms. The molecule has 0 fully saturated rings. The summed E-state index contributed by atoms with van der Waals surface area (Å²) < 4.78 is 23.9. The van der Waals surface area contributed by atoms with Gasteiger partial charge < -0.3 is 5.32 Å². The summed E-state index contributed by atoms with van der Waals surface area (Å²) >= 11 is 5.91. The maximum absolute atomic E-state index is 12.1. The number of aryl methyl sites for hydroxylation is 1. The smallest absolute Gasteiger partial charge is 0.266 e. The molecule has 1 amide bonds. The lowest BCUT2D eigenvalue weighted by Crippen LogP contribution is -2.27. The zero-order valence-electron chi connectivity index (χ0n) is 17.2. The van der Waals surface area contributed by atoms with Gasteiger partial charge in [-0.2, -0.15) is 5.10 Å². The van der Waals surface area contributed by atoms with Crippen molar-refractivity contribution < 1.29 is 13.2 Å². The van der Waals surface area contributed by atoms with Crippen LogP contribution in [0.5, 0.6) is 0 Å². The summed E-state index contributed by atoms with van der Waals surface area (Å²) in [7, 11) is -3.71. The van der Waals surface area contributed by atoms with Gasteiger partial charge in [0.25, 0.3) is 5.56 Å². The first-order valence-corrected chi connectivity index (χ1v) is 11.9. The summed E-state index contributed by atoms with van der Waals surface area (Å²) in [4.78, 5) is 24.2. The van der Waals surface area contributed by atoms with Crippen molar-refractivity contribution in [3.05, 3.63) is 81.6 Å². The van der Waals surface area contributed by atoms with Gasteiger partial charge in [0.05, 0.1) is 10.6 Å². The van der Waals surface area contributed by atoms with Gasteiger partial charge in [0.1, 0.15) is 0 Å². The first-order valence-electron chi connectivity index (χ1n) is 9.95. The molecule has 0 saturated heterocycles. The third kappa shape index (κ3) is 6.74. The van der Waals surface area contributed by atoms with Crippen molar-refractivity contribution in [1.29, 1.82) is 0 Å². The number of primary sulfonamides is 1. The Morgan fingerprint density at radius 1 is 1.03 bits per heavy atom. The SMILES string of the molecule is NS(=O)(=O)c1ccc(CCNC(=O)CCCn2nc(-c3ccc(Cl)cc3)ccc2=O)cc1. The molecule has 1 heterocycles. The highest BCUT2D eigenvalue weighted by Crippen LogP contribution is 2.18. The highest BCUT2D eigenvalue weighted by molar-refractivity contribution is 7.89. The van der Waals surface area contributed by atoms with E-state index in [0.717, 1.165) is 11.1 Å². The van der Waals surface area contributed by atoms with E-state index in [1.54, 1.807) is 30.3 Å². The molecular weight excluding hydrogens is 452 g/mol. The maximum Gasteiger partial charge on any atom is 0.266 e. The average Bonchev–Trinajstić information content (AvgIpc) is 2.75. The molecule has 3 N–H and O–H groups in total. The van der Waals surface area contributed by atoms with E-state index in [1.165, 1.54) is 22.9 Å². The summed E-state index contributed by atoms with van der Waals surface area (Å²) in [6, 6.07) is 16.5. The Morgan fingerprint density at radius 2 is 1.72 bits per heavy atom. The van der Waals surface area contributed by atoms with Gasteiger partial charge in [-0.25, -0.2) is 18.2 Å². The molecule has 0 aliphatic rings. The number of rotatable bonds is 9. The van der Waals surface area contributed by atoms with E-state index < -0.39 is 10.0 Å². The number of aromatic nitrogens is 2. The number of benzene rings is 2. The van der Waals surface area contributed by atoms with Crippen LogP contribution in [0.1, 0.15) is 18.4 Å². The number of carbonyl (C=O) groups excluding carboxylic acids is 1. The van der Waals surface area contributed by atoms with E-state index in [9.17, 15) is 18.0 Å². The van der Waals surface area contributed by atoms with Crippen LogP contribution in [0.25, 0.3) is 11.3 Å². The molecule has 0 aliphatic carbocycles. The van der Waals surface area contributed by atoms with Gasteiger partial charge in [-0.1, -0.05) is 35.9 Å². The molecule has 8 nitrogen and oxygen atoms in total. The molecule has 10 heteroatoms. The second kappa shape index (κ2) is 10.5. The number of hydrogen-bond acceptors (Lipinski definition) is 5. The highest BCUT2D eigenvalue weighted by atomic mass is 35.5. The van der Waals surface area contributed by atoms with Crippen molar-refractivity contribution in [2.75, 3.05) is 6.54 Å². The fourth-order valence-electron chi connectivity index (χ4n) is 3.05. The predicted molar refractivity (Wildman–Crippen MR) is 123 cm³/mol. The van der Waals surface area contributed by atoms with Gasteiger partial charge in [-0.3, -0.25) is 9.59 Å². The van der Waals surface area contributed by atoms with Crippen molar-refractivity contribution in [2.24, 2.45) is 5.14 Å². The average molecular weight is 475 g/mol. The lowest BCUT2D eigenvalue weighted by atomic mass is 10.1. The van der Waals surface area contributed by atoms with Crippen LogP contribution in [-0.4, -0.2) is 30.7 Å². The fourth-order valence-corrected chi connectivity index (χ4v) is 3.69. The number of carbonyl (C=O) groups is 1. The Hall–Kier alpha value is -3.01. The van der Waals surface area contributed by atoms with Crippen LogP contribution < -0.4 is 16.0 Å². The van der Waals surface area contributed by atoms with Crippen molar-refractivity contribution >= 4 is 27.5 Å². The molecule has 0 radical (unpaired) electrons. The second-order valence-electron chi connectivity index (χ2n) is 7.18. The van der Waals surface area contributed by atoms with Crippen molar-refractivity contribution in [1.82, 2.24) is 15.1 Å². The number of halogens is 1. The zero-order valence-corrected chi connectivity index (χ0v) is 18.8. The molecule has 1 aromatic heterocycles. The van der Waals surface area contributed by atoms with E-state index in [2.05, 4.69) is 10.4 Å². The molecule has 168 valence electrons. The minimum absolute atomic E-state index is 0.0502. The van der Waals surface area contributed by atoms with Crippen LogP contribution in [0.3, 0.4) is 0 Å². The van der Waals surface area contributed by atoms with Gasteiger partial charge in [-0.15, -0.1) is 0 Å². The van der Waals surface area contributed by atoms with E-state index >= 15 is 0 Å². The van der Waals surface area contributed by atoms with E-state index in [-0.39, 0.29) is 22.8 Å². The molecule has 3 rings (SSSR count). The maximum atomic E-state index is 12.1. The molecule has 0 spiro atoms. The summed E-state index contributed by atoms with van der Waals surface area (Å²) in [6.45, 7) is 0.737. The number of sulfonamides is 1. The van der Waals surface area contributed by atoms with Crippen LogP contribution in [0.4, 0.5) is 0 Å². The monoisotopic (exact) mass is 474 g/mol. The van der Waals surface area contributed by atoms with Crippen LogP contribution in [0.2, 0.25) is 5.02 Å². The second-order valence-corrected chi connectivity index (χ2v) is 9.18. The minimum atomic E-state index is -3.71. The third-order valence-corrected chi connectivity index (χ3v) is 5.95. The number of nitrogens with zero attached hydrogens (tertiary/aromatic N) is 2. The summed E-state index contributed by atoms with van der Waals surface area (Å²) in [5, 5.41) is 12.9. The van der Waals surface area contributed by atoms with Gasteiger partial charge in [0, 0.05) is 36.2 Å². The quantitative estimate of drug-likeness (QED) is 0.492. The topological polar surface area (TPSA) is 124 Å². The number of amides is 1. The molecular formula is C22H23ClN4O4S. The Morgan fingerprint density at radius 3 is 2.38 bits per heavy atom. The number of hydrogen-bond donors (Lipinski definition) is 2. The Kier molecular flexibility index (Phi) is 7.79. The van der Waals surface area contributed by atoms with Crippen LogP contribution in [0.15, 0.2) is 70.4 Å².